The summed E-state index contributed by atoms with van der Waals surface area (Å²) in [7, 11) is 2.09. The van der Waals surface area contributed by atoms with Gasteiger partial charge < -0.3 is 15.5 Å². The molecule has 0 radical (unpaired) electrons. The van der Waals surface area contributed by atoms with E-state index in [9.17, 15) is 9.59 Å². The summed E-state index contributed by atoms with van der Waals surface area (Å²) in [6, 6.07) is 7.06. The third kappa shape index (κ3) is 5.06. The van der Waals surface area contributed by atoms with Crippen LogP contribution in [0.15, 0.2) is 24.3 Å². The number of aryl methyl sites for hydroxylation is 1. The standard InChI is InChI=1S/C19H29N3O2/c1-13(2)17(19(24)20-16-9-11-22(4)12-10-16)21-18(23)15-7-5-14(3)6-8-15/h5-8,13,16-17H,9-12H2,1-4H3,(H,20,24)(H,21,23)/t17-/m1/s1. The maximum Gasteiger partial charge on any atom is 0.251 e. The molecule has 0 saturated carbocycles. The van der Waals surface area contributed by atoms with Crippen molar-refractivity contribution in [2.45, 2.75) is 45.7 Å². The van der Waals surface area contributed by atoms with E-state index in [0.29, 0.717) is 5.56 Å². The average Bonchev–Trinajstić information content (AvgIpc) is 2.54. The molecule has 5 heteroatoms. The Bertz CT molecular complexity index is 560. The Morgan fingerprint density at radius 1 is 1.12 bits per heavy atom. The smallest absolute Gasteiger partial charge is 0.251 e. The molecule has 0 spiro atoms. The maximum absolute atomic E-state index is 12.6. The largest absolute Gasteiger partial charge is 0.351 e. The summed E-state index contributed by atoms with van der Waals surface area (Å²) in [6.07, 6.45) is 1.91. The molecule has 0 unspecified atom stereocenters. The average molecular weight is 331 g/mol. The molecule has 132 valence electrons. The van der Waals surface area contributed by atoms with Gasteiger partial charge in [0.15, 0.2) is 0 Å². The fourth-order valence-corrected chi connectivity index (χ4v) is 2.91. The molecule has 1 aromatic carbocycles. The number of nitrogens with zero attached hydrogens (tertiary/aromatic N) is 1. The number of hydrogen-bond acceptors (Lipinski definition) is 3. The summed E-state index contributed by atoms with van der Waals surface area (Å²) in [5.41, 5.74) is 1.69. The van der Waals surface area contributed by atoms with E-state index < -0.39 is 6.04 Å². The first-order valence-corrected chi connectivity index (χ1v) is 8.73. The summed E-state index contributed by atoms with van der Waals surface area (Å²) in [4.78, 5) is 27.3. The van der Waals surface area contributed by atoms with Crippen LogP contribution in [0, 0.1) is 12.8 Å². The van der Waals surface area contributed by atoms with Crippen LogP contribution in [0.25, 0.3) is 0 Å². The minimum absolute atomic E-state index is 0.0330. The molecule has 2 N–H and O–H groups in total. The SMILES string of the molecule is Cc1ccc(C(=O)N[C@@H](C(=O)NC2CCN(C)CC2)C(C)C)cc1. The number of benzene rings is 1. The first-order valence-electron chi connectivity index (χ1n) is 8.73. The fraction of sp³-hybridized carbons (Fsp3) is 0.579. The molecule has 2 rings (SSSR count). The molecule has 1 aromatic rings. The number of rotatable bonds is 5. The van der Waals surface area contributed by atoms with Gasteiger partial charge in [0.25, 0.3) is 5.91 Å². The van der Waals surface area contributed by atoms with E-state index in [-0.39, 0.29) is 23.8 Å². The minimum atomic E-state index is -0.515. The van der Waals surface area contributed by atoms with E-state index >= 15 is 0 Å². The Morgan fingerprint density at radius 3 is 2.25 bits per heavy atom. The zero-order chi connectivity index (χ0) is 17.7. The second kappa shape index (κ2) is 8.29. The molecule has 1 aliphatic rings. The predicted molar refractivity (Wildman–Crippen MR) is 95.9 cm³/mol. The summed E-state index contributed by atoms with van der Waals surface area (Å²) >= 11 is 0. The normalized spacial score (nSPS) is 17.5. The van der Waals surface area contributed by atoms with Gasteiger partial charge in [0.05, 0.1) is 0 Å². The van der Waals surface area contributed by atoms with Crippen LogP contribution in [0.1, 0.15) is 42.6 Å². The number of piperidine rings is 1. The second-order valence-electron chi connectivity index (χ2n) is 7.15. The van der Waals surface area contributed by atoms with Crippen molar-refractivity contribution in [3.8, 4) is 0 Å². The van der Waals surface area contributed by atoms with Crippen molar-refractivity contribution in [2.75, 3.05) is 20.1 Å². The molecule has 1 atom stereocenters. The van der Waals surface area contributed by atoms with Crippen LogP contribution >= 0.6 is 0 Å². The Balaban J connectivity index is 1.96. The zero-order valence-electron chi connectivity index (χ0n) is 15.1. The topological polar surface area (TPSA) is 61.4 Å². The van der Waals surface area contributed by atoms with Crippen LogP contribution in [0.2, 0.25) is 0 Å². The number of carbonyl (C=O) groups excluding carboxylic acids is 2. The number of amides is 2. The summed E-state index contributed by atoms with van der Waals surface area (Å²) in [5.74, 6) is -0.252. The highest BCUT2D eigenvalue weighted by Gasteiger charge is 2.27. The molecule has 1 saturated heterocycles. The lowest BCUT2D eigenvalue weighted by atomic mass is 10.00. The lowest BCUT2D eigenvalue weighted by molar-refractivity contribution is -0.125. The fourth-order valence-electron chi connectivity index (χ4n) is 2.91. The van der Waals surface area contributed by atoms with E-state index in [1.54, 1.807) is 12.1 Å². The molecule has 5 nitrogen and oxygen atoms in total. The van der Waals surface area contributed by atoms with Gasteiger partial charge in [-0.1, -0.05) is 31.5 Å². The van der Waals surface area contributed by atoms with E-state index in [1.165, 1.54) is 0 Å². The van der Waals surface area contributed by atoms with Gasteiger partial charge >= 0.3 is 0 Å². The Morgan fingerprint density at radius 2 is 1.71 bits per heavy atom. The lowest BCUT2D eigenvalue weighted by Gasteiger charge is -2.31. The monoisotopic (exact) mass is 331 g/mol. The van der Waals surface area contributed by atoms with Gasteiger partial charge in [0.1, 0.15) is 6.04 Å². The highest BCUT2D eigenvalue weighted by molar-refractivity contribution is 5.97. The van der Waals surface area contributed by atoms with Gasteiger partial charge in [-0.15, -0.1) is 0 Å². The van der Waals surface area contributed by atoms with Crippen LogP contribution < -0.4 is 10.6 Å². The number of hydrogen-bond donors (Lipinski definition) is 2. The molecule has 0 bridgehead atoms. The van der Waals surface area contributed by atoms with Gasteiger partial charge in [0.2, 0.25) is 5.91 Å². The van der Waals surface area contributed by atoms with Crippen LogP contribution in [0.5, 0.6) is 0 Å². The van der Waals surface area contributed by atoms with Crippen molar-refractivity contribution in [3.05, 3.63) is 35.4 Å². The highest BCUT2D eigenvalue weighted by atomic mass is 16.2. The quantitative estimate of drug-likeness (QED) is 0.867. The molecular formula is C19H29N3O2. The van der Waals surface area contributed by atoms with Gasteiger partial charge in [-0.05, 0) is 58.0 Å². The maximum atomic E-state index is 12.6. The molecular weight excluding hydrogens is 302 g/mol. The minimum Gasteiger partial charge on any atom is -0.351 e. The number of nitrogens with one attached hydrogen (secondary N) is 2. The molecule has 0 aromatic heterocycles. The lowest BCUT2D eigenvalue weighted by Crippen LogP contribution is -2.53. The predicted octanol–water partition coefficient (Wildman–Crippen LogP) is 1.96. The molecule has 2 amide bonds. The number of carbonyl (C=O) groups is 2. The Kier molecular flexibility index (Phi) is 6.37. The van der Waals surface area contributed by atoms with Crippen LogP contribution in [-0.2, 0) is 4.79 Å². The van der Waals surface area contributed by atoms with Gasteiger partial charge in [-0.25, -0.2) is 0 Å². The second-order valence-corrected chi connectivity index (χ2v) is 7.15. The van der Waals surface area contributed by atoms with E-state index in [4.69, 9.17) is 0 Å². The van der Waals surface area contributed by atoms with Gasteiger partial charge in [-0.3, -0.25) is 9.59 Å². The van der Waals surface area contributed by atoms with Crippen molar-refractivity contribution >= 4 is 11.8 Å². The molecule has 1 aliphatic heterocycles. The van der Waals surface area contributed by atoms with Crippen LogP contribution in [0.3, 0.4) is 0 Å². The molecule has 1 fully saturated rings. The molecule has 1 heterocycles. The third-order valence-corrected chi connectivity index (χ3v) is 4.61. The van der Waals surface area contributed by atoms with E-state index in [1.807, 2.05) is 32.9 Å². The van der Waals surface area contributed by atoms with E-state index in [2.05, 4.69) is 22.6 Å². The van der Waals surface area contributed by atoms with Gasteiger partial charge in [-0.2, -0.15) is 0 Å². The molecule has 0 aliphatic carbocycles. The third-order valence-electron chi connectivity index (χ3n) is 4.61. The first-order chi connectivity index (χ1) is 11.4. The Hall–Kier alpha value is -1.88. The van der Waals surface area contributed by atoms with E-state index in [0.717, 1.165) is 31.5 Å². The van der Waals surface area contributed by atoms with Crippen molar-refractivity contribution in [1.29, 1.82) is 0 Å². The first kappa shape index (κ1) is 18.5. The van der Waals surface area contributed by atoms with Crippen LogP contribution in [-0.4, -0.2) is 48.9 Å². The highest BCUT2D eigenvalue weighted by Crippen LogP contribution is 2.11. The molecule has 24 heavy (non-hydrogen) atoms. The van der Waals surface area contributed by atoms with Crippen molar-refractivity contribution in [1.82, 2.24) is 15.5 Å². The number of likely N-dealkylation sites (tertiary alicyclic amines) is 1. The van der Waals surface area contributed by atoms with Crippen LogP contribution in [0.4, 0.5) is 0 Å². The summed E-state index contributed by atoms with van der Waals surface area (Å²) in [6.45, 7) is 7.87. The zero-order valence-corrected chi connectivity index (χ0v) is 15.1. The Labute approximate surface area is 144 Å². The summed E-state index contributed by atoms with van der Waals surface area (Å²) < 4.78 is 0. The summed E-state index contributed by atoms with van der Waals surface area (Å²) in [5, 5.41) is 6.00. The van der Waals surface area contributed by atoms with Gasteiger partial charge in [0, 0.05) is 11.6 Å². The van der Waals surface area contributed by atoms with Crippen molar-refractivity contribution < 1.29 is 9.59 Å². The van der Waals surface area contributed by atoms with Crippen molar-refractivity contribution in [2.24, 2.45) is 5.92 Å². The van der Waals surface area contributed by atoms with Crippen molar-refractivity contribution in [3.63, 3.8) is 0 Å².